The van der Waals surface area contributed by atoms with Crippen molar-refractivity contribution >= 4 is 0 Å². The molecule has 0 aromatic heterocycles. The van der Waals surface area contributed by atoms with Crippen LogP contribution in [0.5, 0.6) is 0 Å². The first-order valence-electron chi connectivity index (χ1n) is 8.59. The molecular formula is C17H35NO2. The first-order chi connectivity index (χ1) is 9.56. The van der Waals surface area contributed by atoms with Gasteiger partial charge in [0.1, 0.15) is 0 Å². The molecule has 3 heteroatoms. The Morgan fingerprint density at radius 3 is 2.55 bits per heavy atom. The summed E-state index contributed by atoms with van der Waals surface area (Å²) in [6, 6.07) is 0.467. The fourth-order valence-electron chi connectivity index (χ4n) is 3.32. The molecule has 4 unspecified atom stereocenters. The van der Waals surface area contributed by atoms with Gasteiger partial charge in [0.15, 0.2) is 0 Å². The Bertz CT molecular complexity index is 237. The van der Waals surface area contributed by atoms with Gasteiger partial charge < -0.3 is 15.2 Å². The van der Waals surface area contributed by atoms with Crippen LogP contribution in [0.25, 0.3) is 0 Å². The molecule has 4 atom stereocenters. The van der Waals surface area contributed by atoms with Crippen LogP contribution in [0.3, 0.4) is 0 Å². The predicted molar refractivity (Wildman–Crippen MR) is 84.9 cm³/mol. The Balaban J connectivity index is 2.15. The molecule has 0 saturated heterocycles. The van der Waals surface area contributed by atoms with Crippen molar-refractivity contribution in [2.24, 2.45) is 11.8 Å². The van der Waals surface area contributed by atoms with Gasteiger partial charge in [0, 0.05) is 12.6 Å². The van der Waals surface area contributed by atoms with E-state index < -0.39 is 0 Å². The van der Waals surface area contributed by atoms with Crippen LogP contribution in [-0.4, -0.2) is 36.5 Å². The highest BCUT2D eigenvalue weighted by Gasteiger charge is 2.20. The summed E-state index contributed by atoms with van der Waals surface area (Å²) in [5.74, 6) is 1.47. The summed E-state index contributed by atoms with van der Waals surface area (Å²) in [7, 11) is 0. The standard InChI is InChI=1S/C17H35NO2/c1-5-15(6-2)14(4)18-11-16(19)12-20-17-9-7-8-13(3)10-17/h13-19H,5-12H2,1-4H3. The monoisotopic (exact) mass is 285 g/mol. The van der Waals surface area contributed by atoms with Crippen LogP contribution in [0, 0.1) is 11.8 Å². The minimum absolute atomic E-state index is 0.366. The summed E-state index contributed by atoms with van der Waals surface area (Å²) < 4.78 is 5.87. The second-order valence-electron chi connectivity index (χ2n) is 6.65. The summed E-state index contributed by atoms with van der Waals surface area (Å²) in [5, 5.41) is 13.5. The molecule has 1 rings (SSSR count). The lowest BCUT2D eigenvalue weighted by molar-refractivity contribution is -0.0314. The average molecular weight is 285 g/mol. The summed E-state index contributed by atoms with van der Waals surface area (Å²) in [5.41, 5.74) is 0. The van der Waals surface area contributed by atoms with Crippen LogP contribution >= 0.6 is 0 Å². The van der Waals surface area contributed by atoms with Gasteiger partial charge in [0.25, 0.3) is 0 Å². The van der Waals surface area contributed by atoms with Crippen LogP contribution in [0.2, 0.25) is 0 Å². The Hall–Kier alpha value is -0.120. The number of aliphatic hydroxyl groups excluding tert-OH is 1. The van der Waals surface area contributed by atoms with E-state index in [0.717, 1.165) is 18.8 Å². The number of nitrogens with one attached hydrogen (secondary N) is 1. The highest BCUT2D eigenvalue weighted by Crippen LogP contribution is 2.25. The zero-order valence-corrected chi connectivity index (χ0v) is 13.9. The molecule has 0 amide bonds. The molecule has 0 bridgehead atoms. The normalized spacial score (nSPS) is 26.7. The fourth-order valence-corrected chi connectivity index (χ4v) is 3.32. The average Bonchev–Trinajstić information content (AvgIpc) is 2.44. The Morgan fingerprint density at radius 2 is 1.95 bits per heavy atom. The Morgan fingerprint density at radius 1 is 1.25 bits per heavy atom. The van der Waals surface area contributed by atoms with Crippen molar-refractivity contribution in [2.75, 3.05) is 13.2 Å². The van der Waals surface area contributed by atoms with E-state index in [-0.39, 0.29) is 6.10 Å². The molecule has 0 radical (unpaired) electrons. The maximum absolute atomic E-state index is 10.0. The molecule has 0 aromatic carbocycles. The van der Waals surface area contributed by atoms with Crippen molar-refractivity contribution in [1.29, 1.82) is 0 Å². The maximum Gasteiger partial charge on any atom is 0.0897 e. The van der Waals surface area contributed by atoms with Crippen molar-refractivity contribution in [1.82, 2.24) is 5.32 Å². The highest BCUT2D eigenvalue weighted by molar-refractivity contribution is 4.74. The van der Waals surface area contributed by atoms with Crippen molar-refractivity contribution in [2.45, 2.75) is 84.5 Å². The number of hydrogen-bond donors (Lipinski definition) is 2. The molecule has 3 nitrogen and oxygen atoms in total. The molecule has 0 aromatic rings. The van der Waals surface area contributed by atoms with E-state index in [0.29, 0.717) is 31.2 Å². The number of hydrogen-bond acceptors (Lipinski definition) is 3. The maximum atomic E-state index is 10.0. The Kier molecular flexibility index (Phi) is 8.74. The van der Waals surface area contributed by atoms with Crippen molar-refractivity contribution in [3.63, 3.8) is 0 Å². The van der Waals surface area contributed by atoms with E-state index in [9.17, 15) is 5.11 Å². The third-order valence-corrected chi connectivity index (χ3v) is 4.84. The second-order valence-corrected chi connectivity index (χ2v) is 6.65. The van der Waals surface area contributed by atoms with Crippen molar-refractivity contribution in [3.8, 4) is 0 Å². The molecule has 2 N–H and O–H groups in total. The van der Waals surface area contributed by atoms with Crippen molar-refractivity contribution < 1.29 is 9.84 Å². The topological polar surface area (TPSA) is 41.5 Å². The van der Waals surface area contributed by atoms with Crippen molar-refractivity contribution in [3.05, 3.63) is 0 Å². The van der Waals surface area contributed by atoms with E-state index in [1.807, 2.05) is 0 Å². The molecule has 1 aliphatic carbocycles. The molecule has 120 valence electrons. The largest absolute Gasteiger partial charge is 0.389 e. The SMILES string of the molecule is CCC(CC)C(C)NCC(O)COC1CCCC(C)C1. The molecule has 0 heterocycles. The lowest BCUT2D eigenvalue weighted by atomic mass is 9.89. The summed E-state index contributed by atoms with van der Waals surface area (Å²) in [6.07, 6.45) is 7.28. The first kappa shape index (κ1) is 17.9. The molecule has 1 aliphatic rings. The van der Waals surface area contributed by atoms with E-state index in [2.05, 4.69) is 33.0 Å². The Labute approximate surface area is 125 Å². The molecule has 20 heavy (non-hydrogen) atoms. The van der Waals surface area contributed by atoms with Gasteiger partial charge in [0.05, 0.1) is 18.8 Å². The van der Waals surface area contributed by atoms with E-state index in [1.54, 1.807) is 0 Å². The van der Waals surface area contributed by atoms with Gasteiger partial charge in [-0.15, -0.1) is 0 Å². The molecule has 0 aliphatic heterocycles. The van der Waals surface area contributed by atoms with Crippen LogP contribution in [0.4, 0.5) is 0 Å². The molecule has 1 fully saturated rings. The molecular weight excluding hydrogens is 250 g/mol. The van der Waals surface area contributed by atoms with Crippen LogP contribution in [0.1, 0.15) is 66.2 Å². The van der Waals surface area contributed by atoms with E-state index in [1.165, 1.54) is 25.7 Å². The third-order valence-electron chi connectivity index (χ3n) is 4.84. The zero-order chi connectivity index (χ0) is 15.0. The lowest BCUT2D eigenvalue weighted by Crippen LogP contribution is -2.40. The van der Waals surface area contributed by atoms with Gasteiger partial charge in [0.2, 0.25) is 0 Å². The highest BCUT2D eigenvalue weighted by atomic mass is 16.5. The predicted octanol–water partition coefficient (Wildman–Crippen LogP) is 3.36. The van der Waals surface area contributed by atoms with Gasteiger partial charge in [-0.25, -0.2) is 0 Å². The second kappa shape index (κ2) is 9.75. The van der Waals surface area contributed by atoms with Crippen LogP contribution in [-0.2, 0) is 4.74 Å². The minimum Gasteiger partial charge on any atom is -0.389 e. The molecule has 0 spiro atoms. The van der Waals surface area contributed by atoms with Crippen LogP contribution < -0.4 is 5.32 Å². The number of ether oxygens (including phenoxy) is 1. The van der Waals surface area contributed by atoms with Gasteiger partial charge >= 0.3 is 0 Å². The minimum atomic E-state index is -0.385. The number of aliphatic hydroxyl groups is 1. The van der Waals surface area contributed by atoms with Gasteiger partial charge in [-0.05, 0) is 31.6 Å². The molecule has 1 saturated carbocycles. The summed E-state index contributed by atoms with van der Waals surface area (Å²) in [4.78, 5) is 0. The lowest BCUT2D eigenvalue weighted by Gasteiger charge is -2.28. The van der Waals surface area contributed by atoms with E-state index in [4.69, 9.17) is 4.74 Å². The zero-order valence-electron chi connectivity index (χ0n) is 13.9. The smallest absolute Gasteiger partial charge is 0.0897 e. The third kappa shape index (κ3) is 6.55. The quantitative estimate of drug-likeness (QED) is 0.682. The summed E-state index contributed by atoms with van der Waals surface area (Å²) in [6.45, 7) is 10.1. The summed E-state index contributed by atoms with van der Waals surface area (Å²) >= 11 is 0. The first-order valence-corrected chi connectivity index (χ1v) is 8.59. The van der Waals surface area contributed by atoms with Gasteiger partial charge in [-0.3, -0.25) is 0 Å². The number of rotatable bonds is 9. The van der Waals surface area contributed by atoms with Crippen LogP contribution in [0.15, 0.2) is 0 Å². The van der Waals surface area contributed by atoms with Gasteiger partial charge in [-0.2, -0.15) is 0 Å². The van der Waals surface area contributed by atoms with Gasteiger partial charge in [-0.1, -0.05) is 46.5 Å². The fraction of sp³-hybridized carbons (Fsp3) is 1.00. The van der Waals surface area contributed by atoms with E-state index >= 15 is 0 Å².